The zero-order valence-electron chi connectivity index (χ0n) is 11.6. The Morgan fingerprint density at radius 2 is 2.05 bits per heavy atom. The van der Waals surface area contributed by atoms with Crippen LogP contribution in [0.1, 0.15) is 32.3 Å². The van der Waals surface area contributed by atoms with Gasteiger partial charge in [-0.2, -0.15) is 5.26 Å². The quantitative estimate of drug-likeness (QED) is 0.687. The lowest BCUT2D eigenvalue weighted by atomic mass is 10.2. The van der Waals surface area contributed by atoms with Gasteiger partial charge in [0.15, 0.2) is 0 Å². The van der Waals surface area contributed by atoms with Crippen LogP contribution in [0.15, 0.2) is 24.3 Å². The minimum absolute atomic E-state index is 0.506. The fourth-order valence-electron chi connectivity index (χ4n) is 1.56. The number of hydrogen-bond donors (Lipinski definition) is 0. The van der Waals surface area contributed by atoms with Crippen molar-refractivity contribution >= 4 is 10.8 Å². The average molecular weight is 279 g/mol. The van der Waals surface area contributed by atoms with Crippen LogP contribution in [0.2, 0.25) is 0 Å². The molecule has 0 fully saturated rings. The first-order chi connectivity index (χ1) is 9.13. The molecule has 0 heterocycles. The summed E-state index contributed by atoms with van der Waals surface area (Å²) in [6.45, 7) is 4.78. The largest absolute Gasteiger partial charge is 0.492 e. The van der Waals surface area contributed by atoms with Gasteiger partial charge in [0.05, 0.1) is 12.2 Å². The summed E-state index contributed by atoms with van der Waals surface area (Å²) < 4.78 is 17.2. The molecule has 104 valence electrons. The van der Waals surface area contributed by atoms with Gasteiger partial charge in [-0.3, -0.25) is 4.21 Å². The monoisotopic (exact) mass is 279 g/mol. The Labute approximate surface area is 118 Å². The van der Waals surface area contributed by atoms with E-state index < -0.39 is 10.8 Å². The van der Waals surface area contributed by atoms with E-state index in [1.807, 2.05) is 12.1 Å². The van der Waals surface area contributed by atoms with Gasteiger partial charge < -0.3 is 4.74 Å². The molecule has 0 aliphatic carbocycles. The molecule has 1 aromatic rings. The van der Waals surface area contributed by atoms with Gasteiger partial charge in [0.2, 0.25) is 0 Å². The van der Waals surface area contributed by atoms with Gasteiger partial charge in [0, 0.05) is 22.3 Å². The van der Waals surface area contributed by atoms with Crippen molar-refractivity contribution in [3.8, 4) is 11.8 Å². The Morgan fingerprint density at radius 1 is 1.32 bits per heavy atom. The van der Waals surface area contributed by atoms with Gasteiger partial charge in [-0.15, -0.1) is 0 Å². The average Bonchev–Trinajstić information content (AvgIpc) is 2.41. The first-order valence-corrected chi connectivity index (χ1v) is 8.09. The number of rotatable bonds is 8. The Hall–Kier alpha value is -1.34. The van der Waals surface area contributed by atoms with Crippen LogP contribution in [0.3, 0.4) is 0 Å². The van der Waals surface area contributed by atoms with E-state index in [-0.39, 0.29) is 0 Å². The van der Waals surface area contributed by atoms with Gasteiger partial charge >= 0.3 is 0 Å². The minimum atomic E-state index is -0.751. The van der Waals surface area contributed by atoms with Crippen LogP contribution >= 0.6 is 0 Å². The van der Waals surface area contributed by atoms with Gasteiger partial charge in [-0.25, -0.2) is 0 Å². The highest BCUT2D eigenvalue weighted by atomic mass is 32.2. The number of ether oxygens (including phenoxy) is 1. The third-order valence-electron chi connectivity index (χ3n) is 2.70. The zero-order valence-corrected chi connectivity index (χ0v) is 12.4. The molecule has 0 radical (unpaired) electrons. The topological polar surface area (TPSA) is 50.1 Å². The summed E-state index contributed by atoms with van der Waals surface area (Å²) >= 11 is 0. The van der Waals surface area contributed by atoms with Gasteiger partial charge in [0.25, 0.3) is 0 Å². The van der Waals surface area contributed by atoms with Crippen molar-refractivity contribution in [3.63, 3.8) is 0 Å². The van der Waals surface area contributed by atoms with Crippen LogP contribution in [0, 0.1) is 17.2 Å². The van der Waals surface area contributed by atoms with Crippen LogP contribution in [0.25, 0.3) is 0 Å². The maximum absolute atomic E-state index is 11.7. The van der Waals surface area contributed by atoms with Gasteiger partial charge in [-0.1, -0.05) is 26.0 Å². The van der Waals surface area contributed by atoms with Crippen molar-refractivity contribution in [1.82, 2.24) is 0 Å². The maximum atomic E-state index is 11.7. The predicted octanol–water partition coefficient (Wildman–Crippen LogP) is 3.12. The molecule has 0 spiro atoms. The number of benzene rings is 1. The van der Waals surface area contributed by atoms with E-state index >= 15 is 0 Å². The highest BCUT2D eigenvalue weighted by Gasteiger charge is 2.04. The van der Waals surface area contributed by atoms with E-state index in [1.165, 1.54) is 0 Å². The predicted molar refractivity (Wildman–Crippen MR) is 78.6 cm³/mol. The van der Waals surface area contributed by atoms with E-state index in [9.17, 15) is 4.21 Å². The van der Waals surface area contributed by atoms with E-state index in [0.29, 0.717) is 29.6 Å². The summed E-state index contributed by atoms with van der Waals surface area (Å²) in [6.07, 6.45) is 1.76. The normalized spacial score (nSPS) is 12.1. The molecular weight excluding hydrogens is 258 g/mol. The molecule has 0 saturated heterocycles. The maximum Gasteiger partial charge on any atom is 0.137 e. The molecule has 3 nitrogen and oxygen atoms in total. The zero-order chi connectivity index (χ0) is 14.1. The number of hydrogen-bond acceptors (Lipinski definition) is 3. The highest BCUT2D eigenvalue weighted by Crippen LogP contribution is 2.16. The Morgan fingerprint density at radius 3 is 2.74 bits per heavy atom. The van der Waals surface area contributed by atoms with Crippen LogP contribution in [0.4, 0.5) is 0 Å². The third-order valence-corrected chi connectivity index (χ3v) is 4.14. The molecule has 0 saturated carbocycles. The summed E-state index contributed by atoms with van der Waals surface area (Å²) in [6, 6.07) is 9.27. The molecule has 0 bridgehead atoms. The standard InChI is InChI=1S/C15H21NO2S/c1-13(2)8-11-19(17)10-5-9-18-15-7-4-3-6-14(15)12-16/h3-4,6-7,13H,5,8-11H2,1-2H3. The molecule has 0 aliphatic rings. The number of nitrogens with zero attached hydrogens (tertiary/aromatic N) is 1. The second kappa shape index (κ2) is 8.71. The fraction of sp³-hybridized carbons (Fsp3) is 0.533. The van der Waals surface area contributed by atoms with Crippen molar-refractivity contribution < 1.29 is 8.95 Å². The third kappa shape index (κ3) is 6.40. The Kier molecular flexibility index (Phi) is 7.20. The van der Waals surface area contributed by atoms with Crippen molar-refractivity contribution in [2.24, 2.45) is 5.92 Å². The molecule has 1 rings (SSSR count). The van der Waals surface area contributed by atoms with Gasteiger partial charge in [-0.05, 0) is 30.9 Å². The molecular formula is C15H21NO2S. The van der Waals surface area contributed by atoms with Crippen LogP contribution in [-0.4, -0.2) is 22.3 Å². The second-order valence-corrected chi connectivity index (χ2v) is 6.54. The summed E-state index contributed by atoms with van der Waals surface area (Å²) in [5.74, 6) is 2.65. The molecule has 1 unspecified atom stereocenters. The van der Waals surface area contributed by atoms with Gasteiger partial charge in [0.1, 0.15) is 11.8 Å². The lowest BCUT2D eigenvalue weighted by Gasteiger charge is -2.08. The minimum Gasteiger partial charge on any atom is -0.492 e. The Bertz CT molecular complexity index is 452. The first kappa shape index (κ1) is 15.7. The van der Waals surface area contributed by atoms with Crippen molar-refractivity contribution in [3.05, 3.63) is 29.8 Å². The second-order valence-electron chi connectivity index (χ2n) is 4.84. The van der Waals surface area contributed by atoms with Crippen LogP contribution in [0.5, 0.6) is 5.75 Å². The molecule has 0 N–H and O–H groups in total. The smallest absolute Gasteiger partial charge is 0.137 e. The van der Waals surface area contributed by atoms with Crippen LogP contribution in [-0.2, 0) is 10.8 Å². The van der Waals surface area contributed by atoms with E-state index in [1.54, 1.807) is 12.1 Å². The summed E-state index contributed by atoms with van der Waals surface area (Å²) in [7, 11) is -0.751. The van der Waals surface area contributed by atoms with E-state index in [4.69, 9.17) is 10.00 Å². The molecule has 4 heteroatoms. The van der Waals surface area contributed by atoms with Crippen LogP contribution < -0.4 is 4.74 Å². The number of nitriles is 1. The lowest BCUT2D eigenvalue weighted by molar-refractivity contribution is 0.317. The summed E-state index contributed by atoms with van der Waals surface area (Å²) in [5.41, 5.74) is 0.545. The summed E-state index contributed by atoms with van der Waals surface area (Å²) in [5, 5.41) is 8.91. The molecule has 0 aromatic heterocycles. The van der Waals surface area contributed by atoms with E-state index in [0.717, 1.165) is 18.6 Å². The molecule has 1 atom stereocenters. The Balaban J connectivity index is 2.24. The van der Waals surface area contributed by atoms with Crippen molar-refractivity contribution in [2.75, 3.05) is 18.1 Å². The molecule has 1 aromatic carbocycles. The van der Waals surface area contributed by atoms with E-state index in [2.05, 4.69) is 19.9 Å². The first-order valence-electron chi connectivity index (χ1n) is 6.60. The lowest BCUT2D eigenvalue weighted by Crippen LogP contribution is -2.09. The fourth-order valence-corrected chi connectivity index (χ4v) is 2.93. The van der Waals surface area contributed by atoms with Crippen molar-refractivity contribution in [2.45, 2.75) is 26.7 Å². The molecule has 0 aliphatic heterocycles. The summed E-state index contributed by atoms with van der Waals surface area (Å²) in [4.78, 5) is 0. The SMILES string of the molecule is CC(C)CCS(=O)CCCOc1ccccc1C#N. The molecule has 19 heavy (non-hydrogen) atoms. The van der Waals surface area contributed by atoms with Crippen molar-refractivity contribution in [1.29, 1.82) is 5.26 Å². The highest BCUT2D eigenvalue weighted by molar-refractivity contribution is 7.84. The number of para-hydroxylation sites is 1. The molecule has 0 amide bonds.